The van der Waals surface area contributed by atoms with Crippen molar-refractivity contribution in [2.24, 2.45) is 5.73 Å². The summed E-state index contributed by atoms with van der Waals surface area (Å²) in [6, 6.07) is 1.77. The number of aromatic amines is 1. The van der Waals surface area contributed by atoms with Crippen molar-refractivity contribution in [2.75, 3.05) is 32.7 Å². The average molecular weight is 273 g/mol. The summed E-state index contributed by atoms with van der Waals surface area (Å²) in [6.45, 7) is 5.06. The molecular formula is C10H19N5O2S. The second-order valence-corrected chi connectivity index (χ2v) is 6.35. The molecule has 0 saturated carbocycles. The molecule has 7 nitrogen and oxygen atoms in total. The standard InChI is InChI=1S/C10H19N5O2S/c1-9(8-11)14-4-6-15(7-5-14)18(16,17)10-2-3-12-13-10/h2-3,9H,4-8,11H2,1H3,(H,12,13). The van der Waals surface area contributed by atoms with Gasteiger partial charge in [-0.15, -0.1) is 0 Å². The topological polar surface area (TPSA) is 95.3 Å². The van der Waals surface area contributed by atoms with E-state index in [1.807, 2.05) is 0 Å². The van der Waals surface area contributed by atoms with Gasteiger partial charge in [0.15, 0.2) is 5.03 Å². The first-order valence-electron chi connectivity index (χ1n) is 5.99. The Labute approximate surface area is 107 Å². The average Bonchev–Trinajstić information content (AvgIpc) is 2.92. The number of nitrogens with two attached hydrogens (primary N) is 1. The molecule has 0 bridgehead atoms. The highest BCUT2D eigenvalue weighted by Crippen LogP contribution is 2.15. The third-order valence-corrected chi connectivity index (χ3v) is 5.16. The van der Waals surface area contributed by atoms with Gasteiger partial charge in [0.1, 0.15) is 0 Å². The number of H-pyrrole nitrogens is 1. The highest BCUT2D eigenvalue weighted by Gasteiger charge is 2.30. The van der Waals surface area contributed by atoms with Crippen LogP contribution in [0.5, 0.6) is 0 Å². The van der Waals surface area contributed by atoms with Crippen molar-refractivity contribution < 1.29 is 8.42 Å². The molecule has 2 heterocycles. The van der Waals surface area contributed by atoms with Crippen LogP contribution in [-0.2, 0) is 10.0 Å². The summed E-state index contributed by atoms with van der Waals surface area (Å²) in [5, 5.41) is 6.34. The zero-order valence-corrected chi connectivity index (χ0v) is 11.2. The van der Waals surface area contributed by atoms with Crippen LogP contribution in [0.15, 0.2) is 17.3 Å². The lowest BCUT2D eigenvalue weighted by atomic mass is 10.2. The Morgan fingerprint density at radius 2 is 2.11 bits per heavy atom. The van der Waals surface area contributed by atoms with E-state index in [1.165, 1.54) is 16.6 Å². The van der Waals surface area contributed by atoms with Crippen molar-refractivity contribution in [3.8, 4) is 0 Å². The summed E-state index contributed by atoms with van der Waals surface area (Å²) < 4.78 is 25.9. The van der Waals surface area contributed by atoms with Crippen molar-refractivity contribution in [3.05, 3.63) is 12.3 Å². The predicted molar refractivity (Wildman–Crippen MR) is 67.4 cm³/mol. The van der Waals surface area contributed by atoms with Crippen LogP contribution in [-0.4, -0.2) is 66.6 Å². The van der Waals surface area contributed by atoms with Crippen LogP contribution in [0.3, 0.4) is 0 Å². The summed E-state index contributed by atoms with van der Waals surface area (Å²) >= 11 is 0. The van der Waals surface area contributed by atoms with Crippen LogP contribution in [0, 0.1) is 0 Å². The Morgan fingerprint density at radius 1 is 1.44 bits per heavy atom. The minimum atomic E-state index is -3.42. The molecule has 0 aliphatic carbocycles. The zero-order valence-electron chi connectivity index (χ0n) is 10.4. The maximum atomic E-state index is 12.2. The Hall–Kier alpha value is -0.960. The number of rotatable bonds is 4. The number of aromatic nitrogens is 2. The molecule has 1 aliphatic heterocycles. The van der Waals surface area contributed by atoms with Crippen LogP contribution in [0.2, 0.25) is 0 Å². The molecule has 1 aromatic heterocycles. The second-order valence-electron chi connectivity index (χ2n) is 4.45. The van der Waals surface area contributed by atoms with E-state index in [0.717, 1.165) is 0 Å². The molecule has 1 unspecified atom stereocenters. The number of piperazine rings is 1. The summed E-state index contributed by atoms with van der Waals surface area (Å²) in [7, 11) is -3.42. The van der Waals surface area contributed by atoms with Gasteiger partial charge in [-0.25, -0.2) is 8.42 Å². The van der Waals surface area contributed by atoms with Crippen LogP contribution in [0.1, 0.15) is 6.92 Å². The second kappa shape index (κ2) is 5.35. The lowest BCUT2D eigenvalue weighted by Crippen LogP contribution is -2.52. The summed E-state index contributed by atoms with van der Waals surface area (Å²) in [5.74, 6) is 0. The predicted octanol–water partition coefficient (Wildman–Crippen LogP) is -0.937. The summed E-state index contributed by atoms with van der Waals surface area (Å²) in [5.41, 5.74) is 5.61. The van der Waals surface area contributed by atoms with E-state index >= 15 is 0 Å². The van der Waals surface area contributed by atoms with Crippen LogP contribution in [0.25, 0.3) is 0 Å². The van der Waals surface area contributed by atoms with E-state index in [9.17, 15) is 8.42 Å². The van der Waals surface area contributed by atoms with Gasteiger partial charge in [0.05, 0.1) is 6.20 Å². The molecule has 8 heteroatoms. The molecule has 1 atom stereocenters. The van der Waals surface area contributed by atoms with E-state index < -0.39 is 10.0 Å². The van der Waals surface area contributed by atoms with E-state index in [4.69, 9.17) is 5.73 Å². The molecule has 0 aromatic carbocycles. The molecule has 1 aromatic rings. The number of nitrogens with one attached hydrogen (secondary N) is 1. The smallest absolute Gasteiger partial charge is 0.260 e. The Kier molecular flexibility index (Phi) is 4.00. The third-order valence-electron chi connectivity index (χ3n) is 3.33. The van der Waals surface area contributed by atoms with Crippen LogP contribution in [0.4, 0.5) is 0 Å². The van der Waals surface area contributed by atoms with Crippen molar-refractivity contribution >= 4 is 10.0 Å². The molecule has 2 rings (SSSR count). The van der Waals surface area contributed by atoms with Gasteiger partial charge in [-0.05, 0) is 13.0 Å². The van der Waals surface area contributed by atoms with E-state index in [2.05, 4.69) is 22.0 Å². The molecule has 0 amide bonds. The lowest BCUT2D eigenvalue weighted by Gasteiger charge is -2.36. The van der Waals surface area contributed by atoms with Crippen molar-refractivity contribution in [1.82, 2.24) is 19.4 Å². The zero-order chi connectivity index (χ0) is 13.2. The monoisotopic (exact) mass is 273 g/mol. The van der Waals surface area contributed by atoms with Crippen molar-refractivity contribution in [1.29, 1.82) is 0 Å². The first kappa shape index (κ1) is 13.5. The van der Waals surface area contributed by atoms with Gasteiger partial charge < -0.3 is 5.73 Å². The number of sulfonamides is 1. The Bertz CT molecular complexity index is 464. The highest BCUT2D eigenvalue weighted by molar-refractivity contribution is 7.89. The summed E-state index contributed by atoms with van der Waals surface area (Å²) in [6.07, 6.45) is 1.44. The van der Waals surface area contributed by atoms with E-state index in [-0.39, 0.29) is 5.03 Å². The fourth-order valence-corrected chi connectivity index (χ4v) is 3.38. The SMILES string of the molecule is CC(CN)N1CCN(S(=O)(=O)c2ccn[nH]2)CC1. The van der Waals surface area contributed by atoms with E-state index in [1.54, 1.807) is 0 Å². The van der Waals surface area contributed by atoms with E-state index in [0.29, 0.717) is 38.8 Å². The normalized spacial score (nSPS) is 21.0. The molecule has 3 N–H and O–H groups in total. The van der Waals surface area contributed by atoms with Gasteiger partial charge in [-0.2, -0.15) is 9.40 Å². The Balaban J connectivity index is 2.02. The van der Waals surface area contributed by atoms with Gasteiger partial charge in [-0.3, -0.25) is 10.00 Å². The molecule has 1 fully saturated rings. The fraction of sp³-hybridized carbons (Fsp3) is 0.700. The number of hydrogen-bond acceptors (Lipinski definition) is 5. The number of nitrogens with zero attached hydrogens (tertiary/aromatic N) is 3. The van der Waals surface area contributed by atoms with Crippen LogP contribution < -0.4 is 5.73 Å². The van der Waals surface area contributed by atoms with Gasteiger partial charge in [0.25, 0.3) is 10.0 Å². The van der Waals surface area contributed by atoms with Crippen LogP contribution >= 0.6 is 0 Å². The minimum absolute atomic E-state index is 0.155. The molecule has 102 valence electrons. The lowest BCUT2D eigenvalue weighted by molar-refractivity contribution is 0.148. The molecular weight excluding hydrogens is 254 g/mol. The summed E-state index contributed by atoms with van der Waals surface area (Å²) in [4.78, 5) is 2.21. The van der Waals surface area contributed by atoms with Crippen molar-refractivity contribution in [3.63, 3.8) is 0 Å². The quantitative estimate of drug-likeness (QED) is 0.738. The molecule has 1 saturated heterocycles. The largest absolute Gasteiger partial charge is 0.329 e. The highest BCUT2D eigenvalue weighted by atomic mass is 32.2. The fourth-order valence-electron chi connectivity index (χ4n) is 2.06. The minimum Gasteiger partial charge on any atom is -0.329 e. The first-order chi connectivity index (χ1) is 8.55. The first-order valence-corrected chi connectivity index (χ1v) is 7.43. The van der Waals surface area contributed by atoms with Gasteiger partial charge in [0.2, 0.25) is 0 Å². The maximum Gasteiger partial charge on any atom is 0.260 e. The third kappa shape index (κ3) is 2.56. The molecule has 0 spiro atoms. The van der Waals surface area contributed by atoms with Gasteiger partial charge in [-0.1, -0.05) is 0 Å². The van der Waals surface area contributed by atoms with Gasteiger partial charge >= 0.3 is 0 Å². The Morgan fingerprint density at radius 3 is 2.61 bits per heavy atom. The van der Waals surface area contributed by atoms with Gasteiger partial charge in [0, 0.05) is 38.8 Å². The molecule has 18 heavy (non-hydrogen) atoms. The maximum absolute atomic E-state index is 12.2. The number of hydrogen-bond donors (Lipinski definition) is 2. The van der Waals surface area contributed by atoms with Crippen molar-refractivity contribution in [2.45, 2.75) is 18.0 Å². The molecule has 1 aliphatic rings. The molecule has 0 radical (unpaired) electrons.